The van der Waals surface area contributed by atoms with Crippen molar-refractivity contribution >= 4 is 29.2 Å². The van der Waals surface area contributed by atoms with Gasteiger partial charge in [0.15, 0.2) is 6.10 Å². The quantitative estimate of drug-likeness (QED) is 0.846. The van der Waals surface area contributed by atoms with Crippen LogP contribution in [0.2, 0.25) is 0 Å². The fourth-order valence-corrected chi connectivity index (χ4v) is 4.31. The first-order valence-corrected chi connectivity index (χ1v) is 9.23. The third-order valence-electron chi connectivity index (χ3n) is 4.72. The number of ether oxygens (including phenoxy) is 1. The molecule has 0 aromatic carbocycles. The minimum atomic E-state index is -0.969. The number of urea groups is 1. The Morgan fingerprint density at radius 1 is 1.50 bits per heavy atom. The average Bonchev–Trinajstić information content (AvgIpc) is 3.19. The summed E-state index contributed by atoms with van der Waals surface area (Å²) in [5, 5.41) is 2.56. The smallest absolute Gasteiger partial charge is 0.349 e. The third-order valence-corrected chi connectivity index (χ3v) is 5.93. The Labute approximate surface area is 145 Å². The molecule has 1 aliphatic carbocycles. The minimum absolute atomic E-state index is 0.311. The maximum Gasteiger partial charge on any atom is 0.349 e. The molecule has 0 bridgehead atoms. The number of aryl methyl sites for hydroxylation is 1. The molecular formula is C17H22N2O4S. The molecule has 7 heteroatoms. The second kappa shape index (κ2) is 6.93. The Morgan fingerprint density at radius 2 is 2.29 bits per heavy atom. The van der Waals surface area contributed by atoms with E-state index >= 15 is 0 Å². The highest BCUT2D eigenvalue weighted by molar-refractivity contribution is 7.14. The van der Waals surface area contributed by atoms with Crippen molar-refractivity contribution in [1.82, 2.24) is 10.2 Å². The lowest BCUT2D eigenvalue weighted by Gasteiger charge is -2.19. The van der Waals surface area contributed by atoms with Crippen LogP contribution < -0.4 is 5.32 Å². The van der Waals surface area contributed by atoms with E-state index in [4.69, 9.17) is 4.74 Å². The summed E-state index contributed by atoms with van der Waals surface area (Å²) in [6.45, 7) is 4.44. The van der Waals surface area contributed by atoms with E-state index in [1.165, 1.54) is 28.7 Å². The molecule has 1 aromatic heterocycles. The van der Waals surface area contributed by atoms with Gasteiger partial charge in [-0.2, -0.15) is 0 Å². The minimum Gasteiger partial charge on any atom is -0.448 e. The van der Waals surface area contributed by atoms with E-state index in [0.29, 0.717) is 23.9 Å². The van der Waals surface area contributed by atoms with E-state index in [-0.39, 0.29) is 0 Å². The topological polar surface area (TPSA) is 75.7 Å². The van der Waals surface area contributed by atoms with Crippen molar-refractivity contribution in [3.8, 4) is 0 Å². The molecule has 1 saturated heterocycles. The SMILES string of the molecule is CC[C@H]1CCc2sc(C(=O)O[C@H](C)C(=O)N3CCNC3=O)cc2C1. The number of fused-ring (bicyclic) bond motifs is 1. The van der Waals surface area contributed by atoms with Crippen LogP contribution in [-0.4, -0.2) is 42.0 Å². The summed E-state index contributed by atoms with van der Waals surface area (Å²) in [5.74, 6) is -0.279. The van der Waals surface area contributed by atoms with Gasteiger partial charge in [-0.15, -0.1) is 11.3 Å². The number of carbonyl (C=O) groups excluding carboxylic acids is 3. The van der Waals surface area contributed by atoms with Crippen LogP contribution in [0, 0.1) is 5.92 Å². The zero-order valence-corrected chi connectivity index (χ0v) is 14.8. The molecule has 1 aromatic rings. The second-order valence-corrected chi connectivity index (χ2v) is 7.48. The summed E-state index contributed by atoms with van der Waals surface area (Å²) in [7, 11) is 0. The summed E-state index contributed by atoms with van der Waals surface area (Å²) < 4.78 is 5.29. The van der Waals surface area contributed by atoms with Gasteiger partial charge in [0, 0.05) is 18.0 Å². The summed E-state index contributed by atoms with van der Waals surface area (Å²) in [6, 6.07) is 1.48. The second-order valence-electron chi connectivity index (χ2n) is 6.35. The molecule has 3 rings (SSSR count). The molecule has 24 heavy (non-hydrogen) atoms. The van der Waals surface area contributed by atoms with Crippen LogP contribution in [0.25, 0.3) is 0 Å². The molecule has 0 saturated carbocycles. The number of hydrogen-bond donors (Lipinski definition) is 1. The number of nitrogens with one attached hydrogen (secondary N) is 1. The number of hydrogen-bond acceptors (Lipinski definition) is 5. The van der Waals surface area contributed by atoms with Crippen LogP contribution >= 0.6 is 11.3 Å². The molecule has 0 radical (unpaired) electrons. The molecule has 2 heterocycles. The molecule has 130 valence electrons. The first-order chi connectivity index (χ1) is 11.5. The summed E-state index contributed by atoms with van der Waals surface area (Å²) in [5.41, 5.74) is 1.24. The number of nitrogens with zero attached hydrogens (tertiary/aromatic N) is 1. The number of esters is 1. The molecule has 2 atom stereocenters. The van der Waals surface area contributed by atoms with Crippen molar-refractivity contribution in [2.75, 3.05) is 13.1 Å². The first-order valence-electron chi connectivity index (χ1n) is 8.41. The van der Waals surface area contributed by atoms with E-state index in [0.717, 1.165) is 30.6 Å². The van der Waals surface area contributed by atoms with Gasteiger partial charge in [0.2, 0.25) is 0 Å². The van der Waals surface area contributed by atoms with Gasteiger partial charge in [0.05, 0.1) is 0 Å². The highest BCUT2D eigenvalue weighted by atomic mass is 32.1. The maximum atomic E-state index is 12.3. The monoisotopic (exact) mass is 350 g/mol. The van der Waals surface area contributed by atoms with Crippen molar-refractivity contribution in [2.24, 2.45) is 5.92 Å². The number of amides is 3. The number of carbonyl (C=O) groups is 3. The lowest BCUT2D eigenvalue weighted by atomic mass is 9.87. The number of imide groups is 1. The molecule has 1 fully saturated rings. The normalized spacial score (nSPS) is 21.2. The lowest BCUT2D eigenvalue weighted by Crippen LogP contribution is -2.41. The van der Waals surface area contributed by atoms with Crippen molar-refractivity contribution in [3.63, 3.8) is 0 Å². The predicted octanol–water partition coefficient (Wildman–Crippen LogP) is 2.36. The fraction of sp³-hybridized carbons (Fsp3) is 0.588. The zero-order chi connectivity index (χ0) is 17.3. The molecular weight excluding hydrogens is 328 g/mol. The summed E-state index contributed by atoms with van der Waals surface area (Å²) in [6.07, 6.45) is 3.37. The Bertz CT molecular complexity index is 670. The molecule has 0 spiro atoms. The lowest BCUT2D eigenvalue weighted by molar-refractivity contribution is -0.135. The molecule has 2 aliphatic rings. The van der Waals surface area contributed by atoms with Crippen molar-refractivity contribution in [3.05, 3.63) is 21.4 Å². The van der Waals surface area contributed by atoms with Crippen molar-refractivity contribution in [1.29, 1.82) is 0 Å². The molecule has 1 aliphatic heterocycles. The van der Waals surface area contributed by atoms with Crippen LogP contribution in [0.1, 0.15) is 46.8 Å². The highest BCUT2D eigenvalue weighted by Gasteiger charge is 2.32. The van der Waals surface area contributed by atoms with Gasteiger partial charge >= 0.3 is 12.0 Å². The highest BCUT2D eigenvalue weighted by Crippen LogP contribution is 2.33. The Kier molecular flexibility index (Phi) is 4.89. The summed E-state index contributed by atoms with van der Waals surface area (Å²) >= 11 is 1.46. The van der Waals surface area contributed by atoms with Crippen LogP contribution in [-0.2, 0) is 22.4 Å². The largest absolute Gasteiger partial charge is 0.448 e. The van der Waals surface area contributed by atoms with Gasteiger partial charge in [-0.1, -0.05) is 13.3 Å². The molecule has 3 amide bonds. The van der Waals surface area contributed by atoms with Crippen LogP contribution in [0.15, 0.2) is 6.07 Å². The molecule has 0 unspecified atom stereocenters. The number of rotatable bonds is 4. The first kappa shape index (κ1) is 17.0. The van der Waals surface area contributed by atoms with Crippen LogP contribution in [0.5, 0.6) is 0 Å². The van der Waals surface area contributed by atoms with E-state index in [1.807, 2.05) is 6.07 Å². The van der Waals surface area contributed by atoms with E-state index in [9.17, 15) is 14.4 Å². The van der Waals surface area contributed by atoms with E-state index in [2.05, 4.69) is 12.2 Å². The van der Waals surface area contributed by atoms with E-state index < -0.39 is 24.0 Å². The fourth-order valence-electron chi connectivity index (χ4n) is 3.22. The van der Waals surface area contributed by atoms with Gasteiger partial charge in [0.1, 0.15) is 4.88 Å². The number of thiophene rings is 1. The standard InChI is InChI=1S/C17H22N2O4S/c1-3-11-4-5-13-12(8-11)9-14(24-13)16(21)23-10(2)15(20)19-7-6-18-17(19)22/h9-11H,3-8H2,1-2H3,(H,18,22)/t10-,11+/m1/s1. The molecule has 6 nitrogen and oxygen atoms in total. The van der Waals surface area contributed by atoms with Gasteiger partial charge in [-0.25, -0.2) is 9.59 Å². The van der Waals surface area contributed by atoms with Crippen molar-refractivity contribution < 1.29 is 19.1 Å². The Morgan fingerprint density at radius 3 is 2.96 bits per heavy atom. The Hall–Kier alpha value is -1.89. The van der Waals surface area contributed by atoms with Crippen molar-refractivity contribution in [2.45, 2.75) is 45.6 Å². The van der Waals surface area contributed by atoms with Crippen LogP contribution in [0.4, 0.5) is 4.79 Å². The van der Waals surface area contributed by atoms with E-state index in [1.54, 1.807) is 0 Å². The summed E-state index contributed by atoms with van der Waals surface area (Å²) in [4.78, 5) is 38.9. The maximum absolute atomic E-state index is 12.3. The zero-order valence-electron chi connectivity index (χ0n) is 14.0. The van der Waals surface area contributed by atoms with Gasteiger partial charge < -0.3 is 10.1 Å². The van der Waals surface area contributed by atoms with Gasteiger partial charge in [-0.3, -0.25) is 9.69 Å². The van der Waals surface area contributed by atoms with Crippen LogP contribution in [0.3, 0.4) is 0 Å². The van der Waals surface area contributed by atoms with Gasteiger partial charge in [-0.05, 0) is 43.7 Å². The molecule has 1 N–H and O–H groups in total. The van der Waals surface area contributed by atoms with Gasteiger partial charge in [0.25, 0.3) is 5.91 Å². The average molecular weight is 350 g/mol. The third kappa shape index (κ3) is 3.31. The predicted molar refractivity (Wildman–Crippen MR) is 90.1 cm³/mol. The Balaban J connectivity index is 1.64.